The number of rotatable bonds is 6. The van der Waals surface area contributed by atoms with Crippen molar-refractivity contribution in [2.24, 2.45) is 0 Å². The molecular weight excluding hydrogens is 301 g/mol. The summed E-state index contributed by atoms with van der Waals surface area (Å²) in [5, 5.41) is 13.9. The van der Waals surface area contributed by atoms with Crippen LogP contribution in [-0.4, -0.2) is 32.6 Å². The van der Waals surface area contributed by atoms with Crippen LogP contribution < -0.4 is 5.32 Å². The van der Waals surface area contributed by atoms with E-state index in [4.69, 9.17) is 4.52 Å². The standard InChI is InChI=1S/C15H14FN5O2/c16-12-5-2-1-4-11(12)14-10-13(19-23-14)15(22)17-6-3-8-21-9-7-18-20-21/h1-2,4-5,7,9-10H,3,6,8H2,(H,17,22). The molecule has 0 saturated heterocycles. The monoisotopic (exact) mass is 315 g/mol. The van der Waals surface area contributed by atoms with Gasteiger partial charge >= 0.3 is 0 Å². The third-order valence-corrected chi connectivity index (χ3v) is 3.20. The highest BCUT2D eigenvalue weighted by molar-refractivity contribution is 5.93. The van der Waals surface area contributed by atoms with Crippen LogP contribution in [0.1, 0.15) is 16.9 Å². The first-order chi connectivity index (χ1) is 11.2. The van der Waals surface area contributed by atoms with Crippen molar-refractivity contribution in [1.29, 1.82) is 0 Å². The van der Waals surface area contributed by atoms with Crippen LogP contribution >= 0.6 is 0 Å². The normalized spacial score (nSPS) is 10.7. The minimum absolute atomic E-state index is 0.115. The van der Waals surface area contributed by atoms with Gasteiger partial charge in [-0.1, -0.05) is 22.5 Å². The van der Waals surface area contributed by atoms with Crippen LogP contribution in [0.25, 0.3) is 11.3 Å². The van der Waals surface area contributed by atoms with Gasteiger partial charge in [0.05, 0.1) is 11.8 Å². The molecule has 0 unspecified atom stereocenters. The first-order valence-corrected chi connectivity index (χ1v) is 7.08. The zero-order chi connectivity index (χ0) is 16.1. The second-order valence-corrected chi connectivity index (χ2v) is 4.83. The summed E-state index contributed by atoms with van der Waals surface area (Å²) in [5.74, 6) is -0.575. The van der Waals surface area contributed by atoms with E-state index in [1.54, 1.807) is 35.3 Å². The quantitative estimate of drug-likeness (QED) is 0.702. The van der Waals surface area contributed by atoms with E-state index < -0.39 is 5.82 Å². The summed E-state index contributed by atoms with van der Waals surface area (Å²) in [5.41, 5.74) is 0.384. The van der Waals surface area contributed by atoms with Gasteiger partial charge in [-0.25, -0.2) is 4.39 Å². The van der Waals surface area contributed by atoms with Gasteiger partial charge in [-0.05, 0) is 18.6 Å². The fraction of sp³-hybridized carbons (Fsp3) is 0.200. The number of benzene rings is 1. The number of hydrogen-bond acceptors (Lipinski definition) is 5. The van der Waals surface area contributed by atoms with E-state index in [1.807, 2.05) is 0 Å². The van der Waals surface area contributed by atoms with E-state index in [2.05, 4.69) is 20.8 Å². The summed E-state index contributed by atoms with van der Waals surface area (Å²) >= 11 is 0. The highest BCUT2D eigenvalue weighted by atomic mass is 19.1. The van der Waals surface area contributed by atoms with Crippen molar-refractivity contribution in [2.45, 2.75) is 13.0 Å². The number of amides is 1. The number of halogens is 1. The molecule has 0 aliphatic rings. The van der Waals surface area contributed by atoms with Gasteiger partial charge in [0.2, 0.25) is 0 Å². The van der Waals surface area contributed by atoms with E-state index in [1.165, 1.54) is 12.1 Å². The molecule has 118 valence electrons. The van der Waals surface area contributed by atoms with Crippen LogP contribution in [0.4, 0.5) is 4.39 Å². The number of nitrogens with one attached hydrogen (secondary N) is 1. The van der Waals surface area contributed by atoms with Gasteiger partial charge in [-0.3, -0.25) is 9.48 Å². The Morgan fingerprint density at radius 1 is 1.35 bits per heavy atom. The van der Waals surface area contributed by atoms with Crippen LogP contribution in [-0.2, 0) is 6.54 Å². The van der Waals surface area contributed by atoms with E-state index in [9.17, 15) is 9.18 Å². The molecule has 0 aliphatic heterocycles. The van der Waals surface area contributed by atoms with E-state index in [-0.39, 0.29) is 22.9 Å². The summed E-state index contributed by atoms with van der Waals surface area (Å²) in [7, 11) is 0. The zero-order valence-corrected chi connectivity index (χ0v) is 12.1. The summed E-state index contributed by atoms with van der Waals surface area (Å²) in [6.07, 6.45) is 4.05. The first kappa shape index (κ1) is 14.9. The lowest BCUT2D eigenvalue weighted by Gasteiger charge is -2.02. The Morgan fingerprint density at radius 2 is 2.22 bits per heavy atom. The maximum absolute atomic E-state index is 13.7. The van der Waals surface area contributed by atoms with Crippen molar-refractivity contribution in [1.82, 2.24) is 25.5 Å². The topological polar surface area (TPSA) is 85.8 Å². The van der Waals surface area contributed by atoms with Crippen molar-refractivity contribution in [3.63, 3.8) is 0 Å². The summed E-state index contributed by atoms with van der Waals surface area (Å²) < 4.78 is 20.4. The minimum atomic E-state index is -0.427. The van der Waals surface area contributed by atoms with Crippen molar-refractivity contribution >= 4 is 5.91 Å². The van der Waals surface area contributed by atoms with Gasteiger partial charge in [0.1, 0.15) is 5.82 Å². The number of hydrogen-bond donors (Lipinski definition) is 1. The smallest absolute Gasteiger partial charge is 0.273 e. The molecule has 0 bridgehead atoms. The van der Waals surface area contributed by atoms with Gasteiger partial charge in [-0.15, -0.1) is 5.10 Å². The molecule has 2 heterocycles. The minimum Gasteiger partial charge on any atom is -0.355 e. The van der Waals surface area contributed by atoms with Gasteiger partial charge < -0.3 is 9.84 Å². The van der Waals surface area contributed by atoms with Crippen molar-refractivity contribution in [3.05, 3.63) is 54.2 Å². The lowest BCUT2D eigenvalue weighted by molar-refractivity contribution is 0.0943. The lowest BCUT2D eigenvalue weighted by atomic mass is 10.1. The molecule has 23 heavy (non-hydrogen) atoms. The third-order valence-electron chi connectivity index (χ3n) is 3.20. The second kappa shape index (κ2) is 6.82. The van der Waals surface area contributed by atoms with Crippen LogP contribution in [0.15, 0.2) is 47.2 Å². The maximum Gasteiger partial charge on any atom is 0.273 e. The highest BCUT2D eigenvalue weighted by Crippen LogP contribution is 2.23. The number of aromatic nitrogens is 4. The first-order valence-electron chi connectivity index (χ1n) is 7.08. The molecule has 1 aromatic carbocycles. The van der Waals surface area contributed by atoms with Crippen molar-refractivity contribution < 1.29 is 13.7 Å². The molecule has 0 spiro atoms. The predicted octanol–water partition coefficient (Wildman–Crippen LogP) is 1.89. The molecule has 7 nitrogen and oxygen atoms in total. The Morgan fingerprint density at radius 3 is 3.00 bits per heavy atom. The van der Waals surface area contributed by atoms with Crippen molar-refractivity contribution in [3.8, 4) is 11.3 Å². The number of carbonyl (C=O) groups excluding carboxylic acids is 1. The molecule has 0 saturated carbocycles. The van der Waals surface area contributed by atoms with Crippen LogP contribution in [0, 0.1) is 5.82 Å². The third kappa shape index (κ3) is 3.60. The number of nitrogens with zero attached hydrogens (tertiary/aromatic N) is 4. The largest absolute Gasteiger partial charge is 0.355 e. The molecule has 0 aliphatic carbocycles. The zero-order valence-electron chi connectivity index (χ0n) is 12.1. The molecule has 0 fully saturated rings. The van der Waals surface area contributed by atoms with Gasteiger partial charge in [0.25, 0.3) is 5.91 Å². The van der Waals surface area contributed by atoms with E-state index in [0.29, 0.717) is 19.5 Å². The van der Waals surface area contributed by atoms with Crippen molar-refractivity contribution in [2.75, 3.05) is 6.54 Å². The molecule has 3 rings (SSSR count). The predicted molar refractivity (Wildman–Crippen MR) is 78.9 cm³/mol. The Hall–Kier alpha value is -3.03. The summed E-state index contributed by atoms with van der Waals surface area (Å²) in [6.45, 7) is 1.11. The molecule has 1 amide bonds. The maximum atomic E-state index is 13.7. The average Bonchev–Trinajstić information content (AvgIpc) is 3.23. The van der Waals surface area contributed by atoms with Gasteiger partial charge in [0, 0.05) is 25.4 Å². The van der Waals surface area contributed by atoms with Crippen LogP contribution in [0.2, 0.25) is 0 Å². The Bertz CT molecular complexity index is 785. The van der Waals surface area contributed by atoms with Crippen LogP contribution in [0.3, 0.4) is 0 Å². The fourth-order valence-electron chi connectivity index (χ4n) is 2.06. The molecular formula is C15H14FN5O2. The molecule has 0 radical (unpaired) electrons. The lowest BCUT2D eigenvalue weighted by Crippen LogP contribution is -2.25. The molecule has 2 aromatic heterocycles. The SMILES string of the molecule is O=C(NCCCn1ccnn1)c1cc(-c2ccccc2F)on1. The van der Waals surface area contributed by atoms with E-state index >= 15 is 0 Å². The Labute approximate surface area is 131 Å². The van der Waals surface area contributed by atoms with Crippen LogP contribution in [0.5, 0.6) is 0 Å². The molecule has 1 N–H and O–H groups in total. The fourth-order valence-corrected chi connectivity index (χ4v) is 2.06. The van der Waals surface area contributed by atoms with Gasteiger partial charge in [0.15, 0.2) is 11.5 Å². The van der Waals surface area contributed by atoms with E-state index in [0.717, 1.165) is 0 Å². The summed E-state index contributed by atoms with van der Waals surface area (Å²) in [4.78, 5) is 12.0. The highest BCUT2D eigenvalue weighted by Gasteiger charge is 2.15. The summed E-state index contributed by atoms with van der Waals surface area (Å²) in [6, 6.07) is 7.57. The second-order valence-electron chi connectivity index (χ2n) is 4.83. The molecule has 3 aromatic rings. The Kier molecular flexibility index (Phi) is 4.41. The average molecular weight is 315 g/mol. The Balaban J connectivity index is 1.55. The van der Waals surface area contributed by atoms with Gasteiger partial charge in [-0.2, -0.15) is 0 Å². The number of aryl methyl sites for hydroxylation is 1. The molecule has 0 atom stereocenters. The molecule has 8 heteroatoms. The number of carbonyl (C=O) groups is 1.